The second-order valence-corrected chi connectivity index (χ2v) is 8.15. The number of amides is 2. The highest BCUT2D eigenvalue weighted by atomic mass is 32.2. The molecule has 4 rings (SSSR count). The molecule has 1 heterocycles. The number of rotatable bonds is 5. The molecule has 3 aromatic rings. The first-order chi connectivity index (χ1) is 14.1. The van der Waals surface area contributed by atoms with E-state index in [1.54, 1.807) is 11.8 Å². The van der Waals surface area contributed by atoms with Crippen molar-refractivity contribution in [3.8, 4) is 0 Å². The van der Waals surface area contributed by atoms with E-state index in [9.17, 15) is 9.59 Å². The molecule has 0 saturated heterocycles. The molecule has 1 aliphatic heterocycles. The summed E-state index contributed by atoms with van der Waals surface area (Å²) in [4.78, 5) is 27.8. The van der Waals surface area contributed by atoms with Crippen molar-refractivity contribution in [2.75, 3.05) is 16.8 Å². The van der Waals surface area contributed by atoms with Crippen molar-refractivity contribution in [3.05, 3.63) is 90.0 Å². The van der Waals surface area contributed by atoms with Gasteiger partial charge >= 0.3 is 0 Å². The number of thioether (sulfide) groups is 1. The van der Waals surface area contributed by atoms with E-state index in [-0.39, 0.29) is 17.1 Å². The number of hydrogen-bond donors (Lipinski definition) is 1. The number of carbonyl (C=O) groups excluding carboxylic acids is 2. The third-order valence-corrected chi connectivity index (χ3v) is 6.23. The highest BCUT2D eigenvalue weighted by molar-refractivity contribution is 8.00. The summed E-state index contributed by atoms with van der Waals surface area (Å²) in [5.74, 6) is -0.0182. The van der Waals surface area contributed by atoms with Crippen molar-refractivity contribution in [2.24, 2.45) is 0 Å². The largest absolute Gasteiger partial charge is 0.325 e. The lowest BCUT2D eigenvalue weighted by Gasteiger charge is -2.18. The van der Waals surface area contributed by atoms with Crippen LogP contribution in [0.5, 0.6) is 0 Å². The molecule has 1 N–H and O–H groups in total. The van der Waals surface area contributed by atoms with Crippen molar-refractivity contribution >= 4 is 35.0 Å². The molecule has 2 amide bonds. The fraction of sp³-hybridized carbons (Fsp3) is 0.167. The Hall–Kier alpha value is -3.05. The van der Waals surface area contributed by atoms with Crippen LogP contribution >= 0.6 is 11.8 Å². The summed E-state index contributed by atoms with van der Waals surface area (Å²) < 4.78 is 0. The molecule has 3 aromatic carbocycles. The Morgan fingerprint density at radius 2 is 1.66 bits per heavy atom. The highest BCUT2D eigenvalue weighted by Gasteiger charge is 2.25. The second-order valence-electron chi connectivity index (χ2n) is 6.98. The molecule has 4 nitrogen and oxygen atoms in total. The number of carbonyl (C=O) groups is 2. The second kappa shape index (κ2) is 8.53. The number of nitrogens with one attached hydrogen (secondary N) is 1. The average Bonchev–Trinajstić information content (AvgIpc) is 3.17. The van der Waals surface area contributed by atoms with Crippen LogP contribution in [0.1, 0.15) is 23.3 Å². The van der Waals surface area contributed by atoms with Crippen LogP contribution in [0.3, 0.4) is 0 Å². The zero-order valence-corrected chi connectivity index (χ0v) is 17.0. The van der Waals surface area contributed by atoms with Gasteiger partial charge in [-0.2, -0.15) is 0 Å². The van der Waals surface area contributed by atoms with E-state index in [1.807, 2.05) is 78.9 Å². The van der Waals surface area contributed by atoms with Crippen LogP contribution in [-0.2, 0) is 16.0 Å². The summed E-state index contributed by atoms with van der Waals surface area (Å²) in [5, 5.41) is 2.71. The molecule has 0 spiro atoms. The maximum Gasteiger partial charge on any atom is 0.242 e. The molecule has 0 fully saturated rings. The first-order valence-corrected chi connectivity index (χ1v) is 10.5. The average molecular weight is 403 g/mol. The Morgan fingerprint density at radius 3 is 2.34 bits per heavy atom. The standard InChI is InChI=1S/C24H22N2O2S/c1-17(27)26-15-14-19-16-20(12-13-22(19)26)25-24(28)23(18-8-4-2-5-9-18)29-21-10-6-3-7-11-21/h2-13,16,23H,14-15H2,1H3,(H,25,28)/t23-/m0/s1. The predicted molar refractivity (Wildman–Crippen MR) is 118 cm³/mol. The van der Waals surface area contributed by atoms with Crippen LogP contribution in [-0.4, -0.2) is 18.4 Å². The van der Waals surface area contributed by atoms with Gasteiger partial charge in [0.1, 0.15) is 5.25 Å². The smallest absolute Gasteiger partial charge is 0.242 e. The first kappa shape index (κ1) is 19.3. The van der Waals surface area contributed by atoms with E-state index < -0.39 is 0 Å². The van der Waals surface area contributed by atoms with Gasteiger partial charge in [-0.05, 0) is 47.9 Å². The molecular weight excluding hydrogens is 380 g/mol. The molecule has 1 aliphatic rings. The quantitative estimate of drug-likeness (QED) is 0.606. The third kappa shape index (κ3) is 4.35. The Morgan fingerprint density at radius 1 is 0.966 bits per heavy atom. The van der Waals surface area contributed by atoms with E-state index in [0.29, 0.717) is 6.54 Å². The van der Waals surface area contributed by atoms with Gasteiger partial charge < -0.3 is 10.2 Å². The number of benzene rings is 3. The Kier molecular flexibility index (Phi) is 5.67. The van der Waals surface area contributed by atoms with Crippen molar-refractivity contribution in [2.45, 2.75) is 23.5 Å². The van der Waals surface area contributed by atoms with Crippen LogP contribution in [0.15, 0.2) is 83.8 Å². The topological polar surface area (TPSA) is 49.4 Å². The zero-order valence-electron chi connectivity index (χ0n) is 16.2. The van der Waals surface area contributed by atoms with Crippen LogP contribution in [0, 0.1) is 0 Å². The summed E-state index contributed by atoms with van der Waals surface area (Å²) in [6.07, 6.45) is 0.805. The molecule has 0 unspecified atom stereocenters. The van der Waals surface area contributed by atoms with Crippen LogP contribution in [0.2, 0.25) is 0 Å². The van der Waals surface area contributed by atoms with Gasteiger partial charge in [0.05, 0.1) is 0 Å². The molecule has 29 heavy (non-hydrogen) atoms. The van der Waals surface area contributed by atoms with E-state index in [2.05, 4.69) is 5.32 Å². The van der Waals surface area contributed by atoms with Gasteiger partial charge in [-0.15, -0.1) is 11.8 Å². The van der Waals surface area contributed by atoms with E-state index >= 15 is 0 Å². The zero-order chi connectivity index (χ0) is 20.2. The Labute approximate surface area is 174 Å². The maximum absolute atomic E-state index is 13.2. The minimum Gasteiger partial charge on any atom is -0.325 e. The summed E-state index contributed by atoms with van der Waals surface area (Å²) >= 11 is 1.53. The van der Waals surface area contributed by atoms with Crippen molar-refractivity contribution < 1.29 is 9.59 Å². The SMILES string of the molecule is CC(=O)N1CCc2cc(NC(=O)[C@@H](Sc3ccccc3)c3ccccc3)ccc21. The van der Waals surface area contributed by atoms with Gasteiger partial charge in [0.15, 0.2) is 0 Å². The van der Waals surface area contributed by atoms with Gasteiger partial charge in [0.25, 0.3) is 0 Å². The van der Waals surface area contributed by atoms with Crippen molar-refractivity contribution in [1.82, 2.24) is 0 Å². The molecule has 5 heteroatoms. The van der Waals surface area contributed by atoms with E-state index in [4.69, 9.17) is 0 Å². The predicted octanol–water partition coefficient (Wildman–Crippen LogP) is 5.07. The lowest BCUT2D eigenvalue weighted by Crippen LogP contribution is -2.25. The molecular formula is C24H22N2O2S. The van der Waals surface area contributed by atoms with Gasteiger partial charge in [0, 0.05) is 29.7 Å². The fourth-order valence-electron chi connectivity index (χ4n) is 3.55. The highest BCUT2D eigenvalue weighted by Crippen LogP contribution is 2.37. The van der Waals surface area contributed by atoms with Gasteiger partial charge in [-0.25, -0.2) is 0 Å². The minimum atomic E-state index is -0.361. The van der Waals surface area contributed by atoms with Crippen molar-refractivity contribution in [3.63, 3.8) is 0 Å². The third-order valence-electron chi connectivity index (χ3n) is 4.96. The summed E-state index contributed by atoms with van der Waals surface area (Å²) in [6, 6.07) is 25.5. The number of hydrogen-bond acceptors (Lipinski definition) is 3. The lowest BCUT2D eigenvalue weighted by atomic mass is 10.1. The van der Waals surface area contributed by atoms with Crippen LogP contribution in [0.4, 0.5) is 11.4 Å². The van der Waals surface area contributed by atoms with Gasteiger partial charge in [0.2, 0.25) is 11.8 Å². The summed E-state index contributed by atoms with van der Waals surface area (Å²) in [6.45, 7) is 2.27. The van der Waals surface area contributed by atoms with Crippen LogP contribution in [0.25, 0.3) is 0 Å². The molecule has 0 saturated carbocycles. The molecule has 0 radical (unpaired) electrons. The monoisotopic (exact) mass is 402 g/mol. The summed E-state index contributed by atoms with van der Waals surface area (Å²) in [7, 11) is 0. The van der Waals surface area contributed by atoms with Crippen LogP contribution < -0.4 is 10.2 Å². The first-order valence-electron chi connectivity index (χ1n) is 9.60. The van der Waals surface area contributed by atoms with E-state index in [1.165, 1.54) is 11.8 Å². The maximum atomic E-state index is 13.2. The van der Waals surface area contributed by atoms with Gasteiger partial charge in [-0.3, -0.25) is 9.59 Å². The number of anilines is 2. The number of fused-ring (bicyclic) bond motifs is 1. The fourth-order valence-corrected chi connectivity index (χ4v) is 4.60. The molecule has 1 atom stereocenters. The Bertz CT molecular complexity index is 1020. The lowest BCUT2D eigenvalue weighted by molar-refractivity contribution is -0.117. The number of nitrogens with zero attached hydrogens (tertiary/aromatic N) is 1. The van der Waals surface area contributed by atoms with Gasteiger partial charge in [-0.1, -0.05) is 48.5 Å². The molecule has 146 valence electrons. The normalized spacial score (nSPS) is 13.6. The minimum absolute atomic E-state index is 0.0453. The van der Waals surface area contributed by atoms with E-state index in [0.717, 1.165) is 33.8 Å². The molecule has 0 aliphatic carbocycles. The Balaban J connectivity index is 1.56. The molecule has 0 bridgehead atoms. The molecule has 0 aromatic heterocycles. The van der Waals surface area contributed by atoms with Crippen molar-refractivity contribution in [1.29, 1.82) is 0 Å². The summed E-state index contributed by atoms with van der Waals surface area (Å²) in [5.41, 5.74) is 3.75.